The minimum Gasteiger partial charge on any atom is -0.350 e. The summed E-state index contributed by atoms with van der Waals surface area (Å²) < 4.78 is 0.823. The standard InChI is InChI=1S/C8H4BrN3/c9-8-2-1-7(12-8)3-6(4-10)5-11/h1-3,12H. The minimum absolute atomic E-state index is 0.0874. The molecule has 12 heavy (non-hydrogen) atoms. The van der Waals surface area contributed by atoms with E-state index in [0.29, 0.717) is 0 Å². The fraction of sp³-hybridized carbons (Fsp3) is 0. The van der Waals surface area contributed by atoms with Crippen LogP contribution in [0, 0.1) is 22.7 Å². The first-order valence-corrected chi connectivity index (χ1v) is 3.92. The molecule has 0 saturated heterocycles. The van der Waals surface area contributed by atoms with Crippen LogP contribution >= 0.6 is 15.9 Å². The second kappa shape index (κ2) is 3.75. The molecule has 58 valence electrons. The molecule has 0 spiro atoms. The zero-order valence-electron chi connectivity index (χ0n) is 6.00. The van der Waals surface area contributed by atoms with Crippen molar-refractivity contribution in [2.24, 2.45) is 0 Å². The predicted molar refractivity (Wildman–Crippen MR) is 47.7 cm³/mol. The van der Waals surface area contributed by atoms with E-state index in [2.05, 4.69) is 20.9 Å². The van der Waals surface area contributed by atoms with Crippen molar-refractivity contribution in [3.05, 3.63) is 28.0 Å². The fourth-order valence-corrected chi connectivity index (χ4v) is 1.07. The van der Waals surface area contributed by atoms with Gasteiger partial charge in [-0.05, 0) is 34.1 Å². The third-order valence-electron chi connectivity index (χ3n) is 1.21. The summed E-state index contributed by atoms with van der Waals surface area (Å²) in [4.78, 5) is 2.91. The average molecular weight is 222 g/mol. The van der Waals surface area contributed by atoms with E-state index in [-0.39, 0.29) is 5.57 Å². The third-order valence-corrected chi connectivity index (χ3v) is 1.68. The van der Waals surface area contributed by atoms with Crippen molar-refractivity contribution in [2.75, 3.05) is 0 Å². The van der Waals surface area contributed by atoms with Gasteiger partial charge in [0.1, 0.15) is 17.7 Å². The number of H-pyrrole nitrogens is 1. The topological polar surface area (TPSA) is 63.4 Å². The van der Waals surface area contributed by atoms with E-state index in [0.717, 1.165) is 10.3 Å². The smallest absolute Gasteiger partial charge is 0.131 e. The Bertz CT molecular complexity index is 373. The molecule has 0 bridgehead atoms. The lowest BCUT2D eigenvalue weighted by molar-refractivity contribution is 1.32. The normalized spacial score (nSPS) is 8.25. The SMILES string of the molecule is N#CC(C#N)=Cc1ccc(Br)[nH]1. The number of halogens is 1. The van der Waals surface area contributed by atoms with Gasteiger partial charge < -0.3 is 4.98 Å². The lowest BCUT2D eigenvalue weighted by atomic mass is 10.2. The third kappa shape index (κ3) is 1.98. The Morgan fingerprint density at radius 1 is 1.42 bits per heavy atom. The van der Waals surface area contributed by atoms with Gasteiger partial charge in [-0.1, -0.05) is 0 Å². The predicted octanol–water partition coefficient (Wildman–Crippen LogP) is 2.21. The van der Waals surface area contributed by atoms with Crippen LogP contribution in [-0.4, -0.2) is 4.98 Å². The Labute approximate surface area is 78.1 Å². The summed E-state index contributed by atoms with van der Waals surface area (Å²) in [5, 5.41) is 16.9. The van der Waals surface area contributed by atoms with E-state index in [4.69, 9.17) is 10.5 Å². The first kappa shape index (κ1) is 8.58. The number of hydrogen-bond acceptors (Lipinski definition) is 2. The summed E-state index contributed by atoms with van der Waals surface area (Å²) in [6.07, 6.45) is 1.49. The molecule has 1 aromatic rings. The van der Waals surface area contributed by atoms with Crippen LogP contribution < -0.4 is 0 Å². The molecule has 0 aliphatic rings. The number of nitrogens with one attached hydrogen (secondary N) is 1. The molecule has 1 N–H and O–H groups in total. The molecule has 0 atom stereocenters. The highest BCUT2D eigenvalue weighted by Crippen LogP contribution is 2.11. The van der Waals surface area contributed by atoms with E-state index in [1.807, 2.05) is 0 Å². The monoisotopic (exact) mass is 221 g/mol. The van der Waals surface area contributed by atoms with Crippen LogP contribution in [0.2, 0.25) is 0 Å². The quantitative estimate of drug-likeness (QED) is 0.740. The van der Waals surface area contributed by atoms with Crippen LogP contribution in [-0.2, 0) is 0 Å². The van der Waals surface area contributed by atoms with E-state index >= 15 is 0 Å². The van der Waals surface area contributed by atoms with Crippen molar-refractivity contribution in [3.8, 4) is 12.1 Å². The van der Waals surface area contributed by atoms with Gasteiger partial charge in [0.2, 0.25) is 0 Å². The molecule has 1 aromatic heterocycles. The largest absolute Gasteiger partial charge is 0.350 e. The van der Waals surface area contributed by atoms with Crippen molar-refractivity contribution in [3.63, 3.8) is 0 Å². The van der Waals surface area contributed by atoms with Crippen molar-refractivity contribution >= 4 is 22.0 Å². The van der Waals surface area contributed by atoms with E-state index < -0.39 is 0 Å². The highest BCUT2D eigenvalue weighted by Gasteiger charge is 1.95. The molecule has 0 fully saturated rings. The summed E-state index contributed by atoms with van der Waals surface area (Å²) in [5.74, 6) is 0. The number of aromatic nitrogens is 1. The molecule has 0 saturated carbocycles. The Hall–Kier alpha value is -1.52. The van der Waals surface area contributed by atoms with Crippen molar-refractivity contribution in [2.45, 2.75) is 0 Å². The van der Waals surface area contributed by atoms with Crippen LogP contribution in [0.5, 0.6) is 0 Å². The summed E-state index contributed by atoms with van der Waals surface area (Å²) in [5.41, 5.74) is 0.823. The highest BCUT2D eigenvalue weighted by molar-refractivity contribution is 9.10. The number of aromatic amines is 1. The van der Waals surface area contributed by atoms with E-state index in [1.165, 1.54) is 6.08 Å². The number of nitriles is 2. The Morgan fingerprint density at radius 3 is 2.50 bits per heavy atom. The molecule has 1 rings (SSSR count). The number of nitrogens with zero attached hydrogens (tertiary/aromatic N) is 2. The average Bonchev–Trinajstić information content (AvgIpc) is 2.47. The first-order chi connectivity index (χ1) is 5.76. The zero-order chi connectivity index (χ0) is 8.97. The van der Waals surface area contributed by atoms with Gasteiger partial charge in [0, 0.05) is 5.69 Å². The Morgan fingerprint density at radius 2 is 2.08 bits per heavy atom. The summed E-state index contributed by atoms with van der Waals surface area (Å²) in [6.45, 7) is 0. The van der Waals surface area contributed by atoms with Crippen LogP contribution in [0.1, 0.15) is 5.69 Å². The molecule has 0 aliphatic heterocycles. The van der Waals surface area contributed by atoms with Gasteiger partial charge in [0.15, 0.2) is 0 Å². The van der Waals surface area contributed by atoms with E-state index in [9.17, 15) is 0 Å². The molecule has 0 radical (unpaired) electrons. The number of hydrogen-bond donors (Lipinski definition) is 1. The molecule has 0 aromatic carbocycles. The minimum atomic E-state index is 0.0874. The van der Waals surface area contributed by atoms with Crippen molar-refractivity contribution in [1.29, 1.82) is 10.5 Å². The van der Waals surface area contributed by atoms with Gasteiger partial charge in [-0.3, -0.25) is 0 Å². The van der Waals surface area contributed by atoms with Crippen LogP contribution in [0.15, 0.2) is 22.3 Å². The van der Waals surface area contributed by atoms with Gasteiger partial charge >= 0.3 is 0 Å². The fourth-order valence-electron chi connectivity index (χ4n) is 0.713. The maximum absolute atomic E-state index is 8.43. The lowest BCUT2D eigenvalue weighted by Crippen LogP contribution is -1.74. The second-order valence-corrected chi connectivity index (χ2v) is 2.90. The molecular weight excluding hydrogens is 218 g/mol. The Kier molecular flexibility index (Phi) is 2.68. The second-order valence-electron chi connectivity index (χ2n) is 2.04. The van der Waals surface area contributed by atoms with Gasteiger partial charge in [0.05, 0.1) is 4.60 Å². The number of rotatable bonds is 1. The van der Waals surface area contributed by atoms with Crippen LogP contribution in [0.3, 0.4) is 0 Å². The molecule has 0 unspecified atom stereocenters. The molecule has 0 amide bonds. The zero-order valence-corrected chi connectivity index (χ0v) is 7.59. The highest BCUT2D eigenvalue weighted by atomic mass is 79.9. The Balaban J connectivity index is 2.97. The van der Waals surface area contributed by atoms with Crippen LogP contribution in [0.25, 0.3) is 6.08 Å². The lowest BCUT2D eigenvalue weighted by Gasteiger charge is -1.83. The van der Waals surface area contributed by atoms with Gasteiger partial charge in [-0.2, -0.15) is 10.5 Å². The maximum atomic E-state index is 8.43. The van der Waals surface area contributed by atoms with Crippen LogP contribution in [0.4, 0.5) is 0 Å². The maximum Gasteiger partial charge on any atom is 0.131 e. The molecule has 1 heterocycles. The number of allylic oxidation sites excluding steroid dienone is 1. The van der Waals surface area contributed by atoms with Gasteiger partial charge in [-0.15, -0.1) is 0 Å². The molecule has 0 aliphatic carbocycles. The summed E-state index contributed by atoms with van der Waals surface area (Å²) in [7, 11) is 0. The van der Waals surface area contributed by atoms with E-state index in [1.54, 1.807) is 24.3 Å². The molecule has 4 heteroatoms. The van der Waals surface area contributed by atoms with Crippen molar-refractivity contribution < 1.29 is 0 Å². The molecular formula is C8H4BrN3. The van der Waals surface area contributed by atoms with Crippen molar-refractivity contribution in [1.82, 2.24) is 4.98 Å². The summed E-state index contributed by atoms with van der Waals surface area (Å²) in [6, 6.07) is 7.13. The first-order valence-electron chi connectivity index (χ1n) is 3.12. The van der Waals surface area contributed by atoms with Gasteiger partial charge in [-0.25, -0.2) is 0 Å². The summed E-state index contributed by atoms with van der Waals surface area (Å²) >= 11 is 3.22. The molecule has 3 nitrogen and oxygen atoms in total. The van der Waals surface area contributed by atoms with Gasteiger partial charge in [0.25, 0.3) is 0 Å².